The Kier molecular flexibility index (Phi) is 4.09. The molecule has 0 amide bonds. The summed E-state index contributed by atoms with van der Waals surface area (Å²) in [6.45, 7) is 0.644. The molecule has 0 aliphatic heterocycles. The normalized spacial score (nSPS) is 25.6. The van der Waals surface area contributed by atoms with Crippen LogP contribution < -0.4 is 11.1 Å². The number of hydrogen-bond acceptors (Lipinski definition) is 4. The molecule has 1 fully saturated rings. The zero-order valence-electron chi connectivity index (χ0n) is 9.19. The molecule has 1 heterocycles. The minimum absolute atomic E-state index is 0.254. The van der Waals surface area contributed by atoms with Gasteiger partial charge in [-0.1, -0.05) is 24.4 Å². The zero-order valence-corrected chi connectivity index (χ0v) is 9.95. The highest BCUT2D eigenvalue weighted by Crippen LogP contribution is 2.17. The van der Waals surface area contributed by atoms with E-state index in [0.29, 0.717) is 17.7 Å². The number of nitrogens with one attached hydrogen (secondary N) is 1. The molecule has 0 spiro atoms. The molecule has 0 saturated heterocycles. The maximum absolute atomic E-state index is 6.05. The Balaban J connectivity index is 1.89. The van der Waals surface area contributed by atoms with E-state index in [1.54, 1.807) is 12.4 Å². The zero-order chi connectivity index (χ0) is 11.4. The highest BCUT2D eigenvalue weighted by molar-refractivity contribution is 6.29. The number of aromatic nitrogens is 2. The van der Waals surface area contributed by atoms with Crippen LogP contribution in [-0.2, 0) is 6.54 Å². The van der Waals surface area contributed by atoms with Crippen molar-refractivity contribution < 1.29 is 0 Å². The number of nitrogens with two attached hydrogens (primary N) is 1. The summed E-state index contributed by atoms with van der Waals surface area (Å²) in [4.78, 5) is 8.18. The van der Waals surface area contributed by atoms with Gasteiger partial charge in [0, 0.05) is 31.0 Å². The Morgan fingerprint density at radius 2 is 2.06 bits per heavy atom. The molecule has 0 unspecified atom stereocenters. The van der Waals surface area contributed by atoms with Crippen LogP contribution in [0.15, 0.2) is 12.4 Å². The van der Waals surface area contributed by atoms with Crippen LogP contribution in [0.25, 0.3) is 0 Å². The van der Waals surface area contributed by atoms with E-state index < -0.39 is 0 Å². The lowest BCUT2D eigenvalue weighted by atomic mass is 9.91. The average molecular weight is 241 g/mol. The predicted octanol–water partition coefficient (Wildman–Crippen LogP) is 1.49. The highest BCUT2D eigenvalue weighted by atomic mass is 35.5. The van der Waals surface area contributed by atoms with E-state index in [9.17, 15) is 0 Å². The van der Waals surface area contributed by atoms with Crippen molar-refractivity contribution in [3.63, 3.8) is 0 Å². The van der Waals surface area contributed by atoms with E-state index in [0.717, 1.165) is 18.5 Å². The molecule has 0 aromatic carbocycles. The van der Waals surface area contributed by atoms with E-state index in [-0.39, 0.29) is 6.04 Å². The van der Waals surface area contributed by atoms with Gasteiger partial charge in [-0.05, 0) is 12.8 Å². The molecule has 16 heavy (non-hydrogen) atoms. The van der Waals surface area contributed by atoms with Gasteiger partial charge >= 0.3 is 0 Å². The molecule has 1 aliphatic carbocycles. The Hall–Kier alpha value is -0.710. The first-order chi connectivity index (χ1) is 7.77. The second kappa shape index (κ2) is 5.57. The van der Waals surface area contributed by atoms with Crippen molar-refractivity contribution in [2.24, 2.45) is 5.73 Å². The molecule has 2 atom stereocenters. The number of halogens is 1. The standard InChI is InChI=1S/C11H17ClN4/c12-11-10(14-5-6-15-11)7-16-9-4-2-1-3-8(9)13/h5-6,8-9,16H,1-4,7,13H2/t8-,9+/m0/s1. The molecule has 2 rings (SSSR count). The molecule has 88 valence electrons. The Labute approximate surface area is 101 Å². The smallest absolute Gasteiger partial charge is 0.151 e. The summed E-state index contributed by atoms with van der Waals surface area (Å²) in [6, 6.07) is 0.635. The Morgan fingerprint density at radius 1 is 1.31 bits per heavy atom. The molecule has 1 aliphatic rings. The summed E-state index contributed by atoms with van der Waals surface area (Å²) in [5, 5.41) is 3.89. The van der Waals surface area contributed by atoms with Crippen LogP contribution in [0.1, 0.15) is 31.4 Å². The summed E-state index contributed by atoms with van der Waals surface area (Å²) < 4.78 is 0. The quantitative estimate of drug-likeness (QED) is 0.840. The number of nitrogens with zero attached hydrogens (tertiary/aromatic N) is 2. The van der Waals surface area contributed by atoms with Gasteiger partial charge in [0.25, 0.3) is 0 Å². The lowest BCUT2D eigenvalue weighted by Gasteiger charge is -2.29. The van der Waals surface area contributed by atoms with Gasteiger partial charge in [0.1, 0.15) is 0 Å². The van der Waals surface area contributed by atoms with Crippen LogP contribution in [0.3, 0.4) is 0 Å². The first-order valence-corrected chi connectivity index (χ1v) is 6.09. The first kappa shape index (κ1) is 11.8. The molecule has 4 nitrogen and oxygen atoms in total. The fourth-order valence-electron chi connectivity index (χ4n) is 2.11. The van der Waals surface area contributed by atoms with Gasteiger partial charge in [0.05, 0.1) is 5.69 Å². The molecule has 0 radical (unpaired) electrons. The van der Waals surface area contributed by atoms with Crippen LogP contribution in [0.5, 0.6) is 0 Å². The summed E-state index contributed by atoms with van der Waals surface area (Å²) in [5.74, 6) is 0. The van der Waals surface area contributed by atoms with Crippen molar-refractivity contribution in [3.8, 4) is 0 Å². The topological polar surface area (TPSA) is 63.8 Å². The van der Waals surface area contributed by atoms with Crippen LogP contribution in [0, 0.1) is 0 Å². The van der Waals surface area contributed by atoms with E-state index in [1.165, 1.54) is 12.8 Å². The number of rotatable bonds is 3. The SMILES string of the molecule is N[C@H]1CCCC[C@H]1NCc1nccnc1Cl. The minimum atomic E-state index is 0.254. The summed E-state index contributed by atoms with van der Waals surface area (Å²) in [6.07, 6.45) is 7.98. The lowest BCUT2D eigenvalue weighted by molar-refractivity contribution is 0.325. The van der Waals surface area contributed by atoms with Crippen LogP contribution in [0.4, 0.5) is 0 Å². The van der Waals surface area contributed by atoms with Crippen LogP contribution in [-0.4, -0.2) is 22.1 Å². The third-order valence-electron chi connectivity index (χ3n) is 3.07. The molecule has 1 aromatic heterocycles. The summed E-state index contributed by atoms with van der Waals surface area (Å²) in [7, 11) is 0. The van der Waals surface area contributed by atoms with Crippen molar-refractivity contribution >= 4 is 11.6 Å². The van der Waals surface area contributed by atoms with E-state index in [1.807, 2.05) is 0 Å². The van der Waals surface area contributed by atoms with Gasteiger partial charge in [-0.3, -0.25) is 4.98 Å². The van der Waals surface area contributed by atoms with Crippen molar-refractivity contribution in [2.75, 3.05) is 0 Å². The fraction of sp³-hybridized carbons (Fsp3) is 0.636. The largest absolute Gasteiger partial charge is 0.326 e. The van der Waals surface area contributed by atoms with Crippen molar-refractivity contribution in [2.45, 2.75) is 44.3 Å². The molecule has 0 bridgehead atoms. The second-order valence-electron chi connectivity index (χ2n) is 4.23. The Bertz CT molecular complexity index is 345. The van der Waals surface area contributed by atoms with Crippen molar-refractivity contribution in [1.82, 2.24) is 15.3 Å². The summed E-state index contributed by atoms with van der Waals surface area (Å²) >= 11 is 5.93. The van der Waals surface area contributed by atoms with E-state index in [4.69, 9.17) is 17.3 Å². The van der Waals surface area contributed by atoms with Gasteiger partial charge in [-0.2, -0.15) is 0 Å². The predicted molar refractivity (Wildman–Crippen MR) is 64.1 cm³/mol. The van der Waals surface area contributed by atoms with Gasteiger partial charge in [-0.25, -0.2) is 4.98 Å². The van der Waals surface area contributed by atoms with Gasteiger partial charge in [-0.15, -0.1) is 0 Å². The van der Waals surface area contributed by atoms with Gasteiger partial charge < -0.3 is 11.1 Å². The molecule has 1 saturated carbocycles. The Morgan fingerprint density at radius 3 is 2.81 bits per heavy atom. The summed E-state index contributed by atoms with van der Waals surface area (Å²) in [5.41, 5.74) is 6.84. The third-order valence-corrected chi connectivity index (χ3v) is 3.39. The number of hydrogen-bond donors (Lipinski definition) is 2. The van der Waals surface area contributed by atoms with Crippen LogP contribution in [0.2, 0.25) is 5.15 Å². The maximum Gasteiger partial charge on any atom is 0.151 e. The van der Waals surface area contributed by atoms with Gasteiger partial charge in [0.15, 0.2) is 5.15 Å². The monoisotopic (exact) mass is 240 g/mol. The first-order valence-electron chi connectivity index (χ1n) is 5.71. The molecule has 3 N–H and O–H groups in total. The maximum atomic E-state index is 6.05. The van der Waals surface area contributed by atoms with Gasteiger partial charge in [0.2, 0.25) is 0 Å². The minimum Gasteiger partial charge on any atom is -0.326 e. The molecule has 5 heteroatoms. The second-order valence-corrected chi connectivity index (χ2v) is 4.59. The van der Waals surface area contributed by atoms with Crippen molar-refractivity contribution in [1.29, 1.82) is 0 Å². The molecular weight excluding hydrogens is 224 g/mol. The highest BCUT2D eigenvalue weighted by Gasteiger charge is 2.21. The van der Waals surface area contributed by atoms with E-state index in [2.05, 4.69) is 15.3 Å². The van der Waals surface area contributed by atoms with Crippen molar-refractivity contribution in [3.05, 3.63) is 23.2 Å². The molecular formula is C11H17ClN4. The fourth-order valence-corrected chi connectivity index (χ4v) is 2.28. The molecule has 1 aromatic rings. The third kappa shape index (κ3) is 2.90. The van der Waals surface area contributed by atoms with Crippen LogP contribution >= 0.6 is 11.6 Å². The average Bonchev–Trinajstić information content (AvgIpc) is 2.30. The lowest BCUT2D eigenvalue weighted by Crippen LogP contribution is -2.46. The van der Waals surface area contributed by atoms with E-state index >= 15 is 0 Å².